The molecule has 10 rings (SSSR count). The number of anilines is 2. The summed E-state index contributed by atoms with van der Waals surface area (Å²) in [5.41, 5.74) is 1.71. The van der Waals surface area contributed by atoms with Gasteiger partial charge in [0.15, 0.2) is 17.4 Å². The first-order chi connectivity index (χ1) is 31.9. The first-order valence-corrected chi connectivity index (χ1v) is 23.5. The minimum atomic E-state index is -0.699. The van der Waals surface area contributed by atoms with Crippen molar-refractivity contribution in [2.24, 2.45) is 13.0 Å². The molecule has 2 aromatic heterocycles. The van der Waals surface area contributed by atoms with Gasteiger partial charge in [0.25, 0.3) is 5.56 Å². The summed E-state index contributed by atoms with van der Waals surface area (Å²) in [5, 5.41) is 17.7. The molecule has 346 valence electrons. The Kier molecular flexibility index (Phi) is 12.0. The largest absolute Gasteiger partial charge is 0.453 e. The maximum Gasteiger partial charge on any atom is 0.329 e. The van der Waals surface area contributed by atoms with Crippen LogP contribution in [0.15, 0.2) is 53.6 Å². The second-order valence-electron chi connectivity index (χ2n) is 18.4. The van der Waals surface area contributed by atoms with Crippen molar-refractivity contribution in [3.63, 3.8) is 0 Å². The van der Waals surface area contributed by atoms with E-state index in [2.05, 4.69) is 31.1 Å². The van der Waals surface area contributed by atoms with Gasteiger partial charge in [0, 0.05) is 62.7 Å². The van der Waals surface area contributed by atoms with E-state index in [1.54, 1.807) is 40.8 Å². The lowest BCUT2D eigenvalue weighted by molar-refractivity contribution is -0.120. The Morgan fingerprint density at radius 1 is 1.03 bits per heavy atom. The SMILES string of the molecule is CCN(C)SNc1ccc(F)c(Oc2ccc3ncn(C4COC5(CCC(CN6C7COCC6CC(c6cc8c(cc6F)c(N6CCC(=O)NC6=O)nn8C)C7)CC5)C4)c(=O)c3c2)c1C#N. The number of fused-ring (bicyclic) bond motifs is 4. The second-order valence-corrected chi connectivity index (χ2v) is 19.4. The zero-order valence-corrected chi connectivity index (χ0v) is 37.9. The summed E-state index contributed by atoms with van der Waals surface area (Å²) in [4.78, 5) is 47.1. The highest BCUT2D eigenvalue weighted by Gasteiger charge is 2.46. The summed E-state index contributed by atoms with van der Waals surface area (Å²) in [7, 11) is 3.67. The topological polar surface area (TPSA) is 172 Å². The molecule has 5 aromatic rings. The van der Waals surface area contributed by atoms with Crippen molar-refractivity contribution in [2.45, 2.75) is 87.9 Å². The maximum absolute atomic E-state index is 16.1. The van der Waals surface area contributed by atoms with Gasteiger partial charge in [-0.3, -0.25) is 34.0 Å². The van der Waals surface area contributed by atoms with Gasteiger partial charge in [0.2, 0.25) is 5.91 Å². The molecule has 1 aliphatic carbocycles. The molecule has 0 radical (unpaired) electrons. The van der Waals surface area contributed by atoms with Crippen LogP contribution in [-0.4, -0.2) is 105 Å². The normalized spacial score (nSPS) is 25.8. The molecule has 6 heterocycles. The van der Waals surface area contributed by atoms with Gasteiger partial charge in [-0.25, -0.2) is 22.9 Å². The number of piperidine rings is 1. The number of benzene rings is 3. The number of hydrogen-bond acceptors (Lipinski definition) is 13. The fraction of sp³-hybridized carbons (Fsp3) is 0.489. The second kappa shape index (κ2) is 17.9. The van der Waals surface area contributed by atoms with Crippen LogP contribution in [0, 0.1) is 28.9 Å². The number of halogens is 2. The first kappa shape index (κ1) is 44.2. The predicted octanol–water partition coefficient (Wildman–Crippen LogP) is 7.14. The maximum atomic E-state index is 16.1. The number of rotatable bonds is 11. The highest BCUT2D eigenvalue weighted by atomic mass is 32.2. The summed E-state index contributed by atoms with van der Waals surface area (Å²) in [5.74, 6) is -0.570. The minimum absolute atomic E-state index is 0.000464. The Bertz CT molecular complexity index is 2810. The van der Waals surface area contributed by atoms with Gasteiger partial charge in [-0.05, 0) is 112 Å². The molecule has 5 fully saturated rings. The number of aryl methyl sites for hydroxylation is 1. The fourth-order valence-electron chi connectivity index (χ4n) is 10.7. The van der Waals surface area contributed by atoms with E-state index in [1.807, 2.05) is 24.3 Å². The van der Waals surface area contributed by atoms with Gasteiger partial charge in [0.05, 0.1) is 59.9 Å². The molecule has 5 aliphatic rings. The minimum Gasteiger partial charge on any atom is -0.453 e. The van der Waals surface area contributed by atoms with Crippen molar-refractivity contribution in [3.8, 4) is 17.6 Å². The van der Waals surface area contributed by atoms with E-state index in [4.69, 9.17) is 14.2 Å². The van der Waals surface area contributed by atoms with Crippen LogP contribution in [0.2, 0.25) is 0 Å². The van der Waals surface area contributed by atoms with Gasteiger partial charge >= 0.3 is 6.03 Å². The van der Waals surface area contributed by atoms with E-state index in [0.29, 0.717) is 65.5 Å². The Morgan fingerprint density at radius 3 is 2.56 bits per heavy atom. The molecule has 4 aliphatic heterocycles. The Labute approximate surface area is 384 Å². The lowest BCUT2D eigenvalue weighted by atomic mass is 9.75. The number of amides is 3. The smallest absolute Gasteiger partial charge is 0.329 e. The number of aromatic nitrogens is 4. The molecule has 19 heteroatoms. The lowest BCUT2D eigenvalue weighted by Crippen LogP contribution is -2.58. The van der Waals surface area contributed by atoms with E-state index in [0.717, 1.165) is 57.1 Å². The molecule has 1 spiro atoms. The van der Waals surface area contributed by atoms with Crippen LogP contribution in [0.1, 0.15) is 81.4 Å². The van der Waals surface area contributed by atoms with Crippen LogP contribution < -0.4 is 25.2 Å². The van der Waals surface area contributed by atoms with Crippen molar-refractivity contribution in [1.82, 2.24) is 33.9 Å². The Balaban J connectivity index is 0.781. The zero-order chi connectivity index (χ0) is 45.9. The number of morpholine rings is 1. The number of ether oxygens (including phenoxy) is 3. The van der Waals surface area contributed by atoms with Crippen molar-refractivity contribution in [2.75, 3.05) is 56.1 Å². The van der Waals surface area contributed by atoms with Crippen LogP contribution >= 0.6 is 12.1 Å². The molecule has 3 amide bonds. The van der Waals surface area contributed by atoms with E-state index in [9.17, 15) is 19.6 Å². The highest BCUT2D eigenvalue weighted by Crippen LogP contribution is 2.47. The zero-order valence-electron chi connectivity index (χ0n) is 37.1. The summed E-state index contributed by atoms with van der Waals surface area (Å²) in [6, 6.07) is 12.5. The third-order valence-electron chi connectivity index (χ3n) is 14.4. The molecule has 2 N–H and O–H groups in total. The van der Waals surface area contributed by atoms with Crippen LogP contribution in [-0.2, 0) is 21.3 Å². The van der Waals surface area contributed by atoms with Gasteiger partial charge < -0.3 is 18.9 Å². The quantitative estimate of drug-likeness (QED) is 0.128. The third-order valence-corrected chi connectivity index (χ3v) is 15.3. The molecule has 16 nitrogen and oxygen atoms in total. The standard InChI is InChI=1S/C47H52F2N10O6S/c1-4-55(2)66-54-40-8-6-37(48)43(36(40)21-50)65-32-5-7-39-34(17-32)45(61)59(26-51-39)31-20-47(64-25-31)12-9-27(10-13-47)22-58-29-15-28(16-30(58)24-63-23-29)33-19-41-35(18-38(33)49)44(53-56(41)3)57-14-11-42(60)52-46(57)62/h5-8,17-19,26-31,54H,4,9-16,20,22-25H2,1-3H3,(H,52,60,62). The number of carbonyl (C=O) groups is 2. The van der Waals surface area contributed by atoms with Gasteiger partial charge in [-0.2, -0.15) is 10.4 Å². The number of nitrogens with zero attached hydrogens (tertiary/aromatic N) is 8. The molecular formula is C47H52F2N10O6S. The van der Waals surface area contributed by atoms with Gasteiger partial charge in [-0.1, -0.05) is 6.92 Å². The monoisotopic (exact) mass is 922 g/mol. The summed E-state index contributed by atoms with van der Waals surface area (Å²) < 4.78 is 58.2. The van der Waals surface area contributed by atoms with Crippen molar-refractivity contribution in [3.05, 3.63) is 81.9 Å². The van der Waals surface area contributed by atoms with Crippen molar-refractivity contribution < 1.29 is 32.6 Å². The molecule has 3 unspecified atom stereocenters. The number of imide groups is 1. The summed E-state index contributed by atoms with van der Waals surface area (Å²) in [6.07, 6.45) is 7.70. The summed E-state index contributed by atoms with van der Waals surface area (Å²) >= 11 is 1.28. The van der Waals surface area contributed by atoms with Crippen LogP contribution in [0.3, 0.4) is 0 Å². The third kappa shape index (κ3) is 8.27. The van der Waals surface area contributed by atoms with Gasteiger partial charge in [-0.15, -0.1) is 0 Å². The Hall–Kier alpha value is -5.65. The van der Waals surface area contributed by atoms with E-state index >= 15 is 8.78 Å². The molecule has 3 atom stereocenters. The molecule has 66 heavy (non-hydrogen) atoms. The van der Waals surface area contributed by atoms with Gasteiger partial charge in [0.1, 0.15) is 23.2 Å². The number of carbonyl (C=O) groups excluding carboxylic acids is 2. The predicted molar refractivity (Wildman–Crippen MR) is 244 cm³/mol. The summed E-state index contributed by atoms with van der Waals surface area (Å²) in [6.45, 7) is 5.44. The molecule has 2 bridgehead atoms. The van der Waals surface area contributed by atoms with Crippen LogP contribution in [0.25, 0.3) is 21.8 Å². The molecule has 1 saturated carbocycles. The van der Waals surface area contributed by atoms with E-state index < -0.39 is 11.8 Å². The number of urea groups is 1. The van der Waals surface area contributed by atoms with Crippen LogP contribution in [0.5, 0.6) is 11.5 Å². The lowest BCUT2D eigenvalue weighted by Gasteiger charge is -2.50. The average molecular weight is 923 g/mol. The highest BCUT2D eigenvalue weighted by molar-refractivity contribution is 7.98. The first-order valence-electron chi connectivity index (χ1n) is 22.7. The molecule has 3 aromatic carbocycles. The average Bonchev–Trinajstić information content (AvgIpc) is 3.86. The Morgan fingerprint density at radius 2 is 1.82 bits per heavy atom. The van der Waals surface area contributed by atoms with E-state index in [1.165, 1.54) is 35.2 Å². The van der Waals surface area contributed by atoms with Crippen molar-refractivity contribution >= 4 is 57.4 Å². The van der Waals surface area contributed by atoms with E-state index in [-0.39, 0.29) is 77.0 Å². The number of hydrogen-bond donors (Lipinski definition) is 2. The van der Waals surface area contributed by atoms with Crippen molar-refractivity contribution in [1.29, 1.82) is 5.26 Å². The fourth-order valence-corrected chi connectivity index (χ4v) is 11.3. The molecular weight excluding hydrogens is 871 g/mol. The number of nitrogens with one attached hydrogen (secondary N) is 2. The number of nitriles is 1. The van der Waals surface area contributed by atoms with Crippen LogP contribution in [0.4, 0.5) is 25.1 Å². The molecule has 4 saturated heterocycles.